The van der Waals surface area contributed by atoms with Crippen molar-refractivity contribution in [2.75, 3.05) is 17.2 Å². The summed E-state index contributed by atoms with van der Waals surface area (Å²) < 4.78 is 10.8. The van der Waals surface area contributed by atoms with Gasteiger partial charge in [0.05, 0.1) is 6.26 Å². The number of furan rings is 1. The maximum Gasteiger partial charge on any atom is 0.292 e. The number of hydrogen-bond donors (Lipinski definition) is 2. The lowest BCUT2D eigenvalue weighted by Gasteiger charge is -2.07. The largest absolute Gasteiger partial charge is 0.484 e. The molecule has 0 unspecified atom stereocenters. The lowest BCUT2D eigenvalue weighted by molar-refractivity contribution is -0.118. The van der Waals surface area contributed by atoms with Crippen LogP contribution in [0.2, 0.25) is 0 Å². The van der Waals surface area contributed by atoms with Gasteiger partial charge in [0.25, 0.3) is 11.8 Å². The van der Waals surface area contributed by atoms with Gasteiger partial charge in [0, 0.05) is 5.56 Å². The van der Waals surface area contributed by atoms with E-state index in [4.69, 9.17) is 9.15 Å². The SMILES string of the molecule is Cc1ccc(-c2nc(NC(=O)COc3cc(C)cc(C)c3)sc2NC(=O)c2ccco2)cc1. The van der Waals surface area contributed by atoms with Crippen LogP contribution in [0.25, 0.3) is 11.3 Å². The molecule has 0 aliphatic carbocycles. The van der Waals surface area contributed by atoms with Crippen molar-refractivity contribution in [1.82, 2.24) is 4.98 Å². The third-order valence-electron chi connectivity index (χ3n) is 4.74. The molecule has 2 N–H and O–H groups in total. The Kier molecular flexibility index (Phi) is 6.55. The number of carbonyl (C=O) groups excluding carboxylic acids is 2. The summed E-state index contributed by atoms with van der Waals surface area (Å²) in [6.45, 7) is 5.78. The molecular weight excluding hydrogens is 438 g/mol. The highest BCUT2D eigenvalue weighted by atomic mass is 32.1. The van der Waals surface area contributed by atoms with Crippen molar-refractivity contribution >= 4 is 33.3 Å². The van der Waals surface area contributed by atoms with Crippen molar-refractivity contribution in [1.29, 1.82) is 0 Å². The molecule has 2 aromatic carbocycles. The monoisotopic (exact) mass is 461 g/mol. The fourth-order valence-corrected chi connectivity index (χ4v) is 4.16. The van der Waals surface area contributed by atoms with Crippen molar-refractivity contribution in [3.05, 3.63) is 83.3 Å². The van der Waals surface area contributed by atoms with E-state index >= 15 is 0 Å². The van der Waals surface area contributed by atoms with E-state index in [1.807, 2.05) is 63.2 Å². The van der Waals surface area contributed by atoms with Gasteiger partial charge in [-0.2, -0.15) is 0 Å². The Bertz CT molecular complexity index is 1260. The number of aryl methyl sites for hydroxylation is 3. The second-order valence-electron chi connectivity index (χ2n) is 7.65. The second kappa shape index (κ2) is 9.70. The summed E-state index contributed by atoms with van der Waals surface area (Å²) in [4.78, 5) is 29.6. The minimum atomic E-state index is -0.395. The predicted molar refractivity (Wildman–Crippen MR) is 129 cm³/mol. The van der Waals surface area contributed by atoms with Crippen LogP contribution in [0.1, 0.15) is 27.2 Å². The quantitative estimate of drug-likeness (QED) is 0.374. The summed E-state index contributed by atoms with van der Waals surface area (Å²) in [5.74, 6) is 0.0783. The molecule has 8 heteroatoms. The van der Waals surface area contributed by atoms with Gasteiger partial charge in [0.1, 0.15) is 16.4 Å². The number of amides is 2. The Hall–Kier alpha value is -3.91. The molecule has 0 spiro atoms. The highest BCUT2D eigenvalue weighted by Gasteiger charge is 2.19. The molecular formula is C25H23N3O4S. The second-order valence-corrected chi connectivity index (χ2v) is 8.65. The molecule has 0 aliphatic heterocycles. The number of anilines is 2. The number of hydrogen-bond acceptors (Lipinski definition) is 6. The molecule has 168 valence electrons. The van der Waals surface area contributed by atoms with E-state index < -0.39 is 5.91 Å². The van der Waals surface area contributed by atoms with Crippen LogP contribution in [0.4, 0.5) is 10.1 Å². The molecule has 0 atom stereocenters. The molecule has 0 saturated heterocycles. The van der Waals surface area contributed by atoms with Crippen LogP contribution in [0.5, 0.6) is 5.75 Å². The Balaban J connectivity index is 1.51. The smallest absolute Gasteiger partial charge is 0.292 e. The van der Waals surface area contributed by atoms with Gasteiger partial charge in [-0.15, -0.1) is 0 Å². The van der Waals surface area contributed by atoms with Gasteiger partial charge in [-0.1, -0.05) is 47.2 Å². The minimum absolute atomic E-state index is 0.156. The van der Waals surface area contributed by atoms with Crippen molar-refractivity contribution in [2.45, 2.75) is 20.8 Å². The van der Waals surface area contributed by atoms with Gasteiger partial charge < -0.3 is 14.5 Å². The minimum Gasteiger partial charge on any atom is -0.484 e. The Morgan fingerprint density at radius 2 is 1.70 bits per heavy atom. The zero-order valence-electron chi connectivity index (χ0n) is 18.5. The van der Waals surface area contributed by atoms with Crippen LogP contribution in [-0.2, 0) is 4.79 Å². The highest BCUT2D eigenvalue weighted by molar-refractivity contribution is 7.20. The van der Waals surface area contributed by atoms with Gasteiger partial charge in [-0.3, -0.25) is 14.9 Å². The maximum absolute atomic E-state index is 12.5. The average Bonchev–Trinajstić information content (AvgIpc) is 3.43. The summed E-state index contributed by atoms with van der Waals surface area (Å²) in [6.07, 6.45) is 1.43. The first-order valence-corrected chi connectivity index (χ1v) is 11.1. The predicted octanol–water partition coefficient (Wildman–Crippen LogP) is 5.60. The van der Waals surface area contributed by atoms with E-state index in [2.05, 4.69) is 15.6 Å². The third-order valence-corrected chi connectivity index (χ3v) is 5.62. The molecule has 33 heavy (non-hydrogen) atoms. The maximum atomic E-state index is 12.5. The van der Waals surface area contributed by atoms with Crippen LogP contribution >= 0.6 is 11.3 Å². The number of rotatable bonds is 7. The van der Waals surface area contributed by atoms with Gasteiger partial charge in [-0.25, -0.2) is 4.98 Å². The number of aromatic nitrogens is 1. The zero-order valence-corrected chi connectivity index (χ0v) is 19.3. The Morgan fingerprint density at radius 1 is 0.970 bits per heavy atom. The lowest BCUT2D eigenvalue weighted by atomic mass is 10.1. The number of carbonyl (C=O) groups is 2. The number of ether oxygens (including phenoxy) is 1. The molecule has 0 radical (unpaired) electrons. The third kappa shape index (κ3) is 5.67. The van der Waals surface area contributed by atoms with Crippen molar-refractivity contribution in [3.8, 4) is 17.0 Å². The molecule has 0 bridgehead atoms. The van der Waals surface area contributed by atoms with Crippen LogP contribution in [0, 0.1) is 20.8 Å². The Morgan fingerprint density at radius 3 is 2.36 bits per heavy atom. The van der Waals surface area contributed by atoms with E-state index in [-0.39, 0.29) is 18.3 Å². The van der Waals surface area contributed by atoms with E-state index in [1.165, 1.54) is 17.6 Å². The molecule has 2 heterocycles. The molecule has 0 fully saturated rings. The summed E-state index contributed by atoms with van der Waals surface area (Å²) >= 11 is 1.17. The van der Waals surface area contributed by atoms with Crippen molar-refractivity contribution < 1.29 is 18.7 Å². The fraction of sp³-hybridized carbons (Fsp3) is 0.160. The lowest BCUT2D eigenvalue weighted by Crippen LogP contribution is -2.20. The van der Waals surface area contributed by atoms with Crippen molar-refractivity contribution in [2.24, 2.45) is 0 Å². The van der Waals surface area contributed by atoms with Crippen LogP contribution in [0.15, 0.2) is 65.3 Å². The van der Waals surface area contributed by atoms with Gasteiger partial charge in [0.15, 0.2) is 17.5 Å². The fourth-order valence-electron chi connectivity index (χ4n) is 3.26. The summed E-state index contributed by atoms with van der Waals surface area (Å²) in [6, 6.07) is 16.8. The molecule has 7 nitrogen and oxygen atoms in total. The average molecular weight is 462 g/mol. The van der Waals surface area contributed by atoms with Gasteiger partial charge in [0.2, 0.25) is 0 Å². The standard InChI is InChI=1S/C25H23N3O4S/c1-15-6-8-18(9-7-15)22-24(28-23(30)20-5-4-10-31-20)33-25(27-22)26-21(29)14-32-19-12-16(2)11-17(3)13-19/h4-13H,14H2,1-3H3,(H,28,30)(H,26,27,29). The van der Waals surface area contributed by atoms with Crippen LogP contribution < -0.4 is 15.4 Å². The van der Waals surface area contributed by atoms with E-state index in [0.717, 1.165) is 22.3 Å². The van der Waals surface area contributed by atoms with E-state index in [9.17, 15) is 9.59 Å². The van der Waals surface area contributed by atoms with Gasteiger partial charge in [-0.05, 0) is 56.2 Å². The molecule has 4 rings (SSSR count). The van der Waals surface area contributed by atoms with E-state index in [0.29, 0.717) is 21.6 Å². The molecule has 4 aromatic rings. The summed E-state index contributed by atoms with van der Waals surface area (Å²) in [7, 11) is 0. The molecule has 2 aromatic heterocycles. The first-order valence-electron chi connectivity index (χ1n) is 10.3. The topological polar surface area (TPSA) is 93.5 Å². The van der Waals surface area contributed by atoms with Crippen LogP contribution in [0.3, 0.4) is 0 Å². The number of nitrogens with zero attached hydrogens (tertiary/aromatic N) is 1. The zero-order chi connectivity index (χ0) is 23.4. The first-order chi connectivity index (χ1) is 15.9. The summed E-state index contributed by atoms with van der Waals surface area (Å²) in [5.41, 5.74) is 4.60. The highest BCUT2D eigenvalue weighted by Crippen LogP contribution is 2.36. The first kappa shape index (κ1) is 22.3. The number of thiazole rings is 1. The van der Waals surface area contributed by atoms with E-state index in [1.54, 1.807) is 12.1 Å². The number of nitrogens with one attached hydrogen (secondary N) is 2. The molecule has 0 aliphatic rings. The molecule has 2 amide bonds. The number of benzene rings is 2. The van der Waals surface area contributed by atoms with Crippen LogP contribution in [-0.4, -0.2) is 23.4 Å². The molecule has 0 saturated carbocycles. The van der Waals surface area contributed by atoms with Crippen molar-refractivity contribution in [3.63, 3.8) is 0 Å². The van der Waals surface area contributed by atoms with Gasteiger partial charge >= 0.3 is 0 Å². The Labute approximate surface area is 195 Å². The normalized spacial score (nSPS) is 10.6. The summed E-state index contributed by atoms with van der Waals surface area (Å²) in [5, 5.41) is 6.45.